The van der Waals surface area contributed by atoms with E-state index in [-0.39, 0.29) is 5.75 Å². The van der Waals surface area contributed by atoms with Crippen molar-refractivity contribution in [3.8, 4) is 5.75 Å². The van der Waals surface area contributed by atoms with Gasteiger partial charge in [0.2, 0.25) is 0 Å². The zero-order chi connectivity index (χ0) is 19.5. The molecule has 0 spiro atoms. The maximum atomic E-state index is 10.7. The topological polar surface area (TPSA) is 57.5 Å². The van der Waals surface area contributed by atoms with Gasteiger partial charge in [0, 0.05) is 6.08 Å². The molecule has 3 nitrogen and oxygen atoms in total. The van der Waals surface area contributed by atoms with Crippen molar-refractivity contribution in [2.75, 3.05) is 0 Å². The number of rotatable bonds is 4. The van der Waals surface area contributed by atoms with Crippen molar-refractivity contribution in [3.63, 3.8) is 0 Å². The Kier molecular flexibility index (Phi) is 4.81. The lowest BCUT2D eigenvalue weighted by atomic mass is 9.79. The summed E-state index contributed by atoms with van der Waals surface area (Å²) in [5, 5.41) is 18.7. The van der Waals surface area contributed by atoms with Gasteiger partial charge in [-0.2, -0.15) is 0 Å². The predicted molar refractivity (Wildman–Crippen MR) is 112 cm³/mol. The van der Waals surface area contributed by atoms with Crippen LogP contribution in [0.25, 0.3) is 17.2 Å². The number of carbonyl (C=O) groups is 1. The Hall–Kier alpha value is -3.59. The van der Waals surface area contributed by atoms with Gasteiger partial charge in [0.15, 0.2) is 0 Å². The minimum absolute atomic E-state index is 0.287. The number of phenols is 1. The Morgan fingerprint density at radius 1 is 0.857 bits per heavy atom. The van der Waals surface area contributed by atoms with Crippen LogP contribution in [-0.2, 0) is 11.2 Å². The highest BCUT2D eigenvalue weighted by atomic mass is 16.4. The zero-order valence-electron chi connectivity index (χ0n) is 15.3. The Labute approximate surface area is 163 Å². The average Bonchev–Trinajstić information content (AvgIpc) is 2.72. The van der Waals surface area contributed by atoms with Gasteiger partial charge in [-0.15, -0.1) is 0 Å². The van der Waals surface area contributed by atoms with E-state index in [1.54, 1.807) is 12.1 Å². The third kappa shape index (κ3) is 3.60. The Morgan fingerprint density at radius 2 is 1.61 bits per heavy atom. The molecule has 4 rings (SSSR count). The van der Waals surface area contributed by atoms with Crippen LogP contribution in [0.3, 0.4) is 0 Å². The molecule has 0 saturated heterocycles. The first-order valence-electron chi connectivity index (χ1n) is 9.24. The third-order valence-electron chi connectivity index (χ3n) is 5.04. The molecule has 28 heavy (non-hydrogen) atoms. The molecule has 138 valence electrons. The zero-order valence-corrected chi connectivity index (χ0v) is 15.3. The molecule has 2 N–H and O–H groups in total. The van der Waals surface area contributed by atoms with E-state index in [4.69, 9.17) is 5.11 Å². The van der Waals surface area contributed by atoms with E-state index >= 15 is 0 Å². The van der Waals surface area contributed by atoms with Crippen LogP contribution in [0.5, 0.6) is 5.75 Å². The minimum Gasteiger partial charge on any atom is -0.508 e. The van der Waals surface area contributed by atoms with Crippen LogP contribution >= 0.6 is 0 Å². The van der Waals surface area contributed by atoms with Crippen molar-refractivity contribution < 1.29 is 15.0 Å². The van der Waals surface area contributed by atoms with Gasteiger partial charge in [-0.25, -0.2) is 4.79 Å². The summed E-state index contributed by atoms with van der Waals surface area (Å²) in [7, 11) is 0. The molecule has 0 unspecified atom stereocenters. The first kappa shape index (κ1) is 17.8. The molecule has 1 aliphatic carbocycles. The summed E-state index contributed by atoms with van der Waals surface area (Å²) in [5.74, 6) is -0.672. The van der Waals surface area contributed by atoms with Gasteiger partial charge in [0.25, 0.3) is 0 Å². The Bertz CT molecular complexity index is 1070. The van der Waals surface area contributed by atoms with Gasteiger partial charge < -0.3 is 10.2 Å². The van der Waals surface area contributed by atoms with Crippen LogP contribution in [-0.4, -0.2) is 16.2 Å². The van der Waals surface area contributed by atoms with Crippen molar-refractivity contribution in [1.29, 1.82) is 0 Å². The monoisotopic (exact) mass is 368 g/mol. The number of hydrogen-bond acceptors (Lipinski definition) is 2. The largest absolute Gasteiger partial charge is 0.508 e. The lowest BCUT2D eigenvalue weighted by Crippen LogP contribution is -2.06. The van der Waals surface area contributed by atoms with Gasteiger partial charge in [-0.05, 0) is 70.0 Å². The van der Waals surface area contributed by atoms with Crippen molar-refractivity contribution >= 4 is 23.2 Å². The maximum absolute atomic E-state index is 10.7. The second-order valence-corrected chi connectivity index (χ2v) is 6.85. The van der Waals surface area contributed by atoms with Crippen molar-refractivity contribution in [3.05, 3.63) is 107 Å². The molecule has 1 aliphatic rings. The van der Waals surface area contributed by atoms with E-state index in [2.05, 4.69) is 12.1 Å². The molecule has 0 amide bonds. The summed E-state index contributed by atoms with van der Waals surface area (Å²) in [6.07, 6.45) is 4.52. The highest BCUT2D eigenvalue weighted by molar-refractivity contribution is 6.01. The fourth-order valence-electron chi connectivity index (χ4n) is 3.76. The number of allylic oxidation sites excluding steroid dienone is 1. The predicted octanol–water partition coefficient (Wildman–Crippen LogP) is 5.40. The van der Waals surface area contributed by atoms with E-state index in [0.29, 0.717) is 0 Å². The first-order chi connectivity index (χ1) is 13.6. The third-order valence-corrected chi connectivity index (χ3v) is 5.04. The van der Waals surface area contributed by atoms with E-state index in [1.165, 1.54) is 16.7 Å². The van der Waals surface area contributed by atoms with Crippen LogP contribution in [0.1, 0.15) is 34.2 Å². The number of benzene rings is 3. The smallest absolute Gasteiger partial charge is 0.328 e. The van der Waals surface area contributed by atoms with Crippen molar-refractivity contribution in [2.24, 2.45) is 0 Å². The molecular formula is C25H20O3. The number of phenolic OH excluding ortho intramolecular Hbond substituents is 1. The van der Waals surface area contributed by atoms with Gasteiger partial charge in [-0.3, -0.25) is 0 Å². The van der Waals surface area contributed by atoms with Crippen LogP contribution in [0.15, 0.2) is 78.9 Å². The van der Waals surface area contributed by atoms with Crippen LogP contribution in [0, 0.1) is 0 Å². The fourth-order valence-corrected chi connectivity index (χ4v) is 3.76. The van der Waals surface area contributed by atoms with Crippen LogP contribution < -0.4 is 0 Å². The summed E-state index contributed by atoms with van der Waals surface area (Å²) in [6.45, 7) is 0. The number of aliphatic carboxylic acids is 1. The van der Waals surface area contributed by atoms with E-state index in [1.807, 2.05) is 54.6 Å². The summed E-state index contributed by atoms with van der Waals surface area (Å²) in [5.41, 5.74) is 7.86. The second-order valence-electron chi connectivity index (χ2n) is 6.85. The van der Waals surface area contributed by atoms with E-state index < -0.39 is 5.97 Å². The molecule has 0 aliphatic heterocycles. The molecule has 3 aromatic rings. The second kappa shape index (κ2) is 7.57. The van der Waals surface area contributed by atoms with Gasteiger partial charge in [-0.1, -0.05) is 60.7 Å². The normalized spacial score (nSPS) is 13.6. The van der Waals surface area contributed by atoms with Gasteiger partial charge in [0.1, 0.15) is 5.75 Å². The highest BCUT2D eigenvalue weighted by Crippen LogP contribution is 2.41. The molecular weight excluding hydrogens is 348 g/mol. The molecule has 0 radical (unpaired) electrons. The SMILES string of the molecule is O=C(O)/C=C/c1ccc(C2=C(c3ccccc3)CCc3cc(O)ccc32)cc1. The van der Waals surface area contributed by atoms with Gasteiger partial charge >= 0.3 is 5.97 Å². The quantitative estimate of drug-likeness (QED) is 0.607. The van der Waals surface area contributed by atoms with Crippen LogP contribution in [0.4, 0.5) is 0 Å². The summed E-state index contributed by atoms with van der Waals surface area (Å²) in [4.78, 5) is 10.7. The number of carboxylic acids is 1. The lowest BCUT2D eigenvalue weighted by Gasteiger charge is -2.25. The molecule has 0 bridgehead atoms. The van der Waals surface area contributed by atoms with E-state index in [9.17, 15) is 9.90 Å². The molecule has 0 saturated carbocycles. The van der Waals surface area contributed by atoms with Crippen LogP contribution in [0.2, 0.25) is 0 Å². The van der Waals surface area contributed by atoms with Gasteiger partial charge in [0.05, 0.1) is 0 Å². The minimum atomic E-state index is -0.959. The highest BCUT2D eigenvalue weighted by Gasteiger charge is 2.21. The number of hydrogen-bond donors (Lipinski definition) is 2. The van der Waals surface area contributed by atoms with E-state index in [0.717, 1.165) is 41.2 Å². The fraction of sp³-hybridized carbons (Fsp3) is 0.0800. The standard InChI is InChI=1S/C25H20O3/c26-21-12-14-23-20(16-21)11-13-22(18-4-2-1-3-5-18)25(23)19-9-6-17(7-10-19)8-15-24(27)28/h1-10,12,14-16,26H,11,13H2,(H,27,28)/b15-8+. The molecule has 0 fully saturated rings. The molecule has 3 heteroatoms. The number of aromatic hydroxyl groups is 1. The molecule has 0 heterocycles. The van der Waals surface area contributed by atoms with Crippen molar-refractivity contribution in [1.82, 2.24) is 0 Å². The molecule has 0 atom stereocenters. The summed E-state index contributed by atoms with van der Waals surface area (Å²) in [6, 6.07) is 23.9. The number of carboxylic acid groups (broad SMARTS) is 1. The number of aryl methyl sites for hydroxylation is 1. The summed E-state index contributed by atoms with van der Waals surface area (Å²) >= 11 is 0. The molecule has 0 aromatic heterocycles. The van der Waals surface area contributed by atoms with Crippen molar-refractivity contribution in [2.45, 2.75) is 12.8 Å². The average molecular weight is 368 g/mol. The lowest BCUT2D eigenvalue weighted by molar-refractivity contribution is -0.131. The summed E-state index contributed by atoms with van der Waals surface area (Å²) < 4.78 is 0. The Balaban J connectivity index is 1.86. The maximum Gasteiger partial charge on any atom is 0.328 e. The molecule has 3 aromatic carbocycles. The Morgan fingerprint density at radius 3 is 2.32 bits per heavy atom. The first-order valence-corrected chi connectivity index (χ1v) is 9.24. The number of fused-ring (bicyclic) bond motifs is 1.